The van der Waals surface area contributed by atoms with Crippen molar-refractivity contribution in [2.45, 2.75) is 31.8 Å². The summed E-state index contributed by atoms with van der Waals surface area (Å²) in [6, 6.07) is 2.38. The lowest BCUT2D eigenvalue weighted by atomic mass is 10.1. The molecule has 1 aliphatic carbocycles. The predicted octanol–water partition coefficient (Wildman–Crippen LogP) is 1.14. The first-order valence-electron chi connectivity index (χ1n) is 5.24. The zero-order chi connectivity index (χ0) is 10.8. The molecule has 15 heavy (non-hydrogen) atoms. The molecule has 0 spiro atoms. The van der Waals surface area contributed by atoms with Crippen LogP contribution in [-0.4, -0.2) is 18.0 Å². The fourth-order valence-electron chi connectivity index (χ4n) is 1.68. The van der Waals surface area contributed by atoms with Crippen LogP contribution in [0.2, 0.25) is 0 Å². The van der Waals surface area contributed by atoms with Gasteiger partial charge in [-0.15, -0.1) is 0 Å². The van der Waals surface area contributed by atoms with Gasteiger partial charge in [0, 0.05) is 12.1 Å². The third-order valence-electron chi connectivity index (χ3n) is 2.69. The molecule has 4 heteroatoms. The standard InChI is InChI=1S/C11H16N2OS/c1-7(4-8-2-3-15-6-8)13-11(14)9-5-10(9)12/h2-3,6-7,9-10H,4-5,12H2,1H3,(H,13,14). The van der Waals surface area contributed by atoms with Gasteiger partial charge < -0.3 is 11.1 Å². The van der Waals surface area contributed by atoms with Gasteiger partial charge in [0.05, 0.1) is 5.92 Å². The van der Waals surface area contributed by atoms with Gasteiger partial charge in [-0.05, 0) is 42.2 Å². The van der Waals surface area contributed by atoms with Crippen molar-refractivity contribution in [1.82, 2.24) is 5.32 Å². The van der Waals surface area contributed by atoms with Crippen molar-refractivity contribution in [1.29, 1.82) is 0 Å². The van der Waals surface area contributed by atoms with Crippen molar-refractivity contribution < 1.29 is 4.79 Å². The Hall–Kier alpha value is -0.870. The van der Waals surface area contributed by atoms with E-state index < -0.39 is 0 Å². The third-order valence-corrected chi connectivity index (χ3v) is 3.42. The van der Waals surface area contributed by atoms with Crippen molar-refractivity contribution >= 4 is 17.2 Å². The topological polar surface area (TPSA) is 55.1 Å². The number of carbonyl (C=O) groups excluding carboxylic acids is 1. The van der Waals surface area contributed by atoms with Crippen LogP contribution in [-0.2, 0) is 11.2 Å². The molecular formula is C11H16N2OS. The molecule has 1 fully saturated rings. The third kappa shape index (κ3) is 2.79. The number of nitrogens with two attached hydrogens (primary N) is 1. The van der Waals surface area contributed by atoms with Crippen molar-refractivity contribution in [2.75, 3.05) is 0 Å². The molecule has 0 radical (unpaired) electrons. The van der Waals surface area contributed by atoms with Crippen molar-refractivity contribution in [3.05, 3.63) is 22.4 Å². The minimum absolute atomic E-state index is 0.0647. The molecule has 0 aliphatic heterocycles. The smallest absolute Gasteiger partial charge is 0.224 e. The molecule has 1 aliphatic rings. The van der Waals surface area contributed by atoms with Gasteiger partial charge in [-0.1, -0.05) is 0 Å². The molecule has 3 atom stereocenters. The lowest BCUT2D eigenvalue weighted by Crippen LogP contribution is -2.36. The van der Waals surface area contributed by atoms with Crippen LogP contribution in [0.5, 0.6) is 0 Å². The Morgan fingerprint density at radius 1 is 1.80 bits per heavy atom. The number of nitrogens with one attached hydrogen (secondary N) is 1. The summed E-state index contributed by atoms with van der Waals surface area (Å²) in [7, 11) is 0. The summed E-state index contributed by atoms with van der Waals surface area (Å²) >= 11 is 1.69. The number of hydrogen-bond acceptors (Lipinski definition) is 3. The Morgan fingerprint density at radius 3 is 3.07 bits per heavy atom. The highest BCUT2D eigenvalue weighted by Gasteiger charge is 2.40. The van der Waals surface area contributed by atoms with Crippen LogP contribution in [0.4, 0.5) is 0 Å². The summed E-state index contributed by atoms with van der Waals surface area (Å²) < 4.78 is 0. The second kappa shape index (κ2) is 4.33. The van der Waals surface area contributed by atoms with Crippen LogP contribution < -0.4 is 11.1 Å². The molecular weight excluding hydrogens is 208 g/mol. The van der Waals surface area contributed by atoms with Crippen LogP contribution in [0.3, 0.4) is 0 Å². The molecule has 3 N–H and O–H groups in total. The van der Waals surface area contributed by atoms with E-state index in [0.29, 0.717) is 0 Å². The normalized spacial score (nSPS) is 26.0. The van der Waals surface area contributed by atoms with Gasteiger partial charge >= 0.3 is 0 Å². The van der Waals surface area contributed by atoms with E-state index in [1.807, 2.05) is 6.92 Å². The SMILES string of the molecule is CC(Cc1ccsc1)NC(=O)C1CC1N. The second-order valence-corrected chi connectivity index (χ2v) is 5.03. The average Bonchev–Trinajstić information content (AvgIpc) is 2.70. The predicted molar refractivity (Wildman–Crippen MR) is 61.7 cm³/mol. The highest BCUT2D eigenvalue weighted by molar-refractivity contribution is 7.07. The van der Waals surface area contributed by atoms with Crippen molar-refractivity contribution in [3.8, 4) is 0 Å². The molecule has 0 bridgehead atoms. The van der Waals surface area contributed by atoms with Crippen LogP contribution in [0.25, 0.3) is 0 Å². The molecule has 3 unspecified atom stereocenters. The molecule has 1 aromatic heterocycles. The number of carbonyl (C=O) groups is 1. The van der Waals surface area contributed by atoms with Crippen LogP contribution in [0, 0.1) is 5.92 Å². The number of amides is 1. The van der Waals surface area contributed by atoms with E-state index >= 15 is 0 Å². The number of rotatable bonds is 4. The van der Waals surface area contributed by atoms with E-state index in [1.165, 1.54) is 5.56 Å². The van der Waals surface area contributed by atoms with Gasteiger partial charge in [0.25, 0.3) is 0 Å². The molecule has 1 aromatic rings. The summed E-state index contributed by atoms with van der Waals surface area (Å²) in [5.74, 6) is 0.181. The first-order chi connectivity index (χ1) is 7.16. The fourth-order valence-corrected chi connectivity index (χ4v) is 2.36. The first-order valence-corrected chi connectivity index (χ1v) is 6.18. The van der Waals surface area contributed by atoms with Crippen LogP contribution >= 0.6 is 11.3 Å². The van der Waals surface area contributed by atoms with E-state index in [9.17, 15) is 4.79 Å². The van der Waals surface area contributed by atoms with Gasteiger partial charge in [-0.3, -0.25) is 4.79 Å². The molecule has 82 valence electrons. The molecule has 2 rings (SSSR count). The van der Waals surface area contributed by atoms with E-state index in [4.69, 9.17) is 5.73 Å². The van der Waals surface area contributed by atoms with Crippen molar-refractivity contribution in [2.24, 2.45) is 11.7 Å². The molecule has 1 saturated carbocycles. The maximum atomic E-state index is 11.6. The van der Waals surface area contributed by atoms with Crippen molar-refractivity contribution in [3.63, 3.8) is 0 Å². The van der Waals surface area contributed by atoms with E-state index in [1.54, 1.807) is 11.3 Å². The zero-order valence-corrected chi connectivity index (χ0v) is 9.59. The highest BCUT2D eigenvalue weighted by Crippen LogP contribution is 2.27. The minimum atomic E-state index is 0.0647. The molecule has 1 heterocycles. The van der Waals surface area contributed by atoms with Gasteiger partial charge in [-0.2, -0.15) is 11.3 Å². The second-order valence-electron chi connectivity index (χ2n) is 4.25. The monoisotopic (exact) mass is 224 g/mol. The van der Waals surface area contributed by atoms with Gasteiger partial charge in [-0.25, -0.2) is 0 Å². The summed E-state index contributed by atoms with van der Waals surface area (Å²) in [5, 5.41) is 7.17. The van der Waals surface area contributed by atoms with E-state index in [0.717, 1.165) is 12.8 Å². The van der Waals surface area contributed by atoms with Gasteiger partial charge in [0.2, 0.25) is 5.91 Å². The number of thiophene rings is 1. The highest BCUT2D eigenvalue weighted by atomic mass is 32.1. The van der Waals surface area contributed by atoms with Gasteiger partial charge in [0.15, 0.2) is 0 Å². The molecule has 0 saturated heterocycles. The Morgan fingerprint density at radius 2 is 2.53 bits per heavy atom. The Labute approximate surface area is 93.7 Å². The summed E-state index contributed by atoms with van der Waals surface area (Å²) in [5.41, 5.74) is 6.91. The average molecular weight is 224 g/mol. The lowest BCUT2D eigenvalue weighted by Gasteiger charge is -2.12. The van der Waals surface area contributed by atoms with E-state index in [-0.39, 0.29) is 23.9 Å². The fraction of sp³-hybridized carbons (Fsp3) is 0.545. The first kappa shape index (κ1) is 10.6. The number of hydrogen-bond donors (Lipinski definition) is 2. The molecule has 3 nitrogen and oxygen atoms in total. The Kier molecular flexibility index (Phi) is 3.07. The minimum Gasteiger partial charge on any atom is -0.353 e. The molecule has 0 aromatic carbocycles. The lowest BCUT2D eigenvalue weighted by molar-refractivity contribution is -0.122. The van der Waals surface area contributed by atoms with Crippen LogP contribution in [0.1, 0.15) is 18.9 Å². The zero-order valence-electron chi connectivity index (χ0n) is 8.77. The molecule has 1 amide bonds. The van der Waals surface area contributed by atoms with Gasteiger partial charge in [0.1, 0.15) is 0 Å². The largest absolute Gasteiger partial charge is 0.353 e. The maximum absolute atomic E-state index is 11.6. The summed E-state index contributed by atoms with van der Waals surface area (Å²) in [6.45, 7) is 2.03. The quantitative estimate of drug-likeness (QED) is 0.806. The van der Waals surface area contributed by atoms with Crippen LogP contribution in [0.15, 0.2) is 16.8 Å². The maximum Gasteiger partial charge on any atom is 0.224 e. The summed E-state index contributed by atoms with van der Waals surface area (Å²) in [4.78, 5) is 11.6. The van der Waals surface area contributed by atoms with E-state index in [2.05, 4.69) is 22.1 Å². The Balaban J connectivity index is 1.77. The Bertz CT molecular complexity index is 336. The summed E-state index contributed by atoms with van der Waals surface area (Å²) in [6.07, 6.45) is 1.74.